The number of oxazole rings is 1. The van der Waals surface area contributed by atoms with E-state index in [9.17, 15) is 9.18 Å². The Morgan fingerprint density at radius 2 is 1.72 bits per heavy atom. The van der Waals surface area contributed by atoms with Crippen molar-refractivity contribution < 1.29 is 18.0 Å². The number of carbonyl (C=O) groups is 1. The van der Waals surface area contributed by atoms with E-state index in [-0.39, 0.29) is 17.5 Å². The maximum absolute atomic E-state index is 13.0. The van der Waals surface area contributed by atoms with E-state index in [1.165, 1.54) is 17.7 Å². The molecule has 0 radical (unpaired) electrons. The minimum Gasteiger partial charge on any atom is -0.451 e. The van der Waals surface area contributed by atoms with Crippen LogP contribution in [0.25, 0.3) is 22.8 Å². The van der Waals surface area contributed by atoms with Gasteiger partial charge < -0.3 is 14.2 Å². The number of rotatable bonds is 6. The number of hydrogen-bond donors (Lipinski definition) is 1. The summed E-state index contributed by atoms with van der Waals surface area (Å²) in [5, 5.41) is 2.80. The summed E-state index contributed by atoms with van der Waals surface area (Å²) in [6.07, 6.45) is 2.13. The van der Waals surface area contributed by atoms with Gasteiger partial charge in [-0.25, -0.2) is 9.37 Å². The molecule has 0 aliphatic rings. The Morgan fingerprint density at radius 3 is 2.48 bits per heavy atom. The monoisotopic (exact) mass is 390 g/mol. The molecular weight excluding hydrogens is 371 g/mol. The van der Waals surface area contributed by atoms with Crippen molar-refractivity contribution in [1.29, 1.82) is 0 Å². The number of benzene rings is 2. The van der Waals surface area contributed by atoms with Gasteiger partial charge in [-0.3, -0.25) is 4.79 Å². The maximum Gasteiger partial charge on any atom is 0.287 e. The van der Waals surface area contributed by atoms with Gasteiger partial charge in [-0.05, 0) is 55.5 Å². The maximum atomic E-state index is 13.0. The van der Waals surface area contributed by atoms with E-state index in [0.29, 0.717) is 30.2 Å². The lowest BCUT2D eigenvalue weighted by atomic mass is 10.1. The average Bonchev–Trinajstić information content (AvgIpc) is 3.39. The molecule has 0 spiro atoms. The van der Waals surface area contributed by atoms with Crippen LogP contribution in [-0.2, 0) is 6.42 Å². The molecule has 4 rings (SSSR count). The standard InChI is InChI=1S/C23H19FN2O3/c1-15-2-4-17(5-3-15)23-26-19(14-28-23)12-13-25-22(27)21-11-10-20(29-21)16-6-8-18(24)9-7-16/h2-11,14H,12-13H2,1H3,(H,25,27). The van der Waals surface area contributed by atoms with Gasteiger partial charge in [0.1, 0.15) is 17.8 Å². The smallest absolute Gasteiger partial charge is 0.287 e. The molecule has 0 atom stereocenters. The first-order valence-electron chi connectivity index (χ1n) is 9.24. The van der Waals surface area contributed by atoms with Crippen molar-refractivity contribution in [3.63, 3.8) is 0 Å². The number of halogens is 1. The molecule has 0 unspecified atom stereocenters. The van der Waals surface area contributed by atoms with Crippen LogP contribution >= 0.6 is 0 Å². The normalized spacial score (nSPS) is 10.8. The van der Waals surface area contributed by atoms with Crippen LogP contribution in [0.15, 0.2) is 75.8 Å². The van der Waals surface area contributed by atoms with Crippen LogP contribution in [0.4, 0.5) is 4.39 Å². The lowest BCUT2D eigenvalue weighted by Crippen LogP contribution is -2.25. The Morgan fingerprint density at radius 1 is 1.00 bits per heavy atom. The molecule has 29 heavy (non-hydrogen) atoms. The first-order valence-corrected chi connectivity index (χ1v) is 9.24. The number of furan rings is 1. The van der Waals surface area contributed by atoms with Crippen LogP contribution in [0.2, 0.25) is 0 Å². The highest BCUT2D eigenvalue weighted by atomic mass is 19.1. The van der Waals surface area contributed by atoms with Crippen molar-refractivity contribution in [3.05, 3.63) is 89.8 Å². The highest BCUT2D eigenvalue weighted by Crippen LogP contribution is 2.22. The van der Waals surface area contributed by atoms with Crippen molar-refractivity contribution in [3.8, 4) is 22.8 Å². The molecule has 2 aromatic carbocycles. The summed E-state index contributed by atoms with van der Waals surface area (Å²) in [5.41, 5.74) is 3.54. The van der Waals surface area contributed by atoms with Gasteiger partial charge in [0.15, 0.2) is 5.76 Å². The Kier molecular flexibility index (Phi) is 5.24. The minimum atomic E-state index is -0.323. The Hall–Kier alpha value is -3.67. The molecule has 0 aliphatic heterocycles. The van der Waals surface area contributed by atoms with Crippen LogP contribution in [0, 0.1) is 12.7 Å². The lowest BCUT2D eigenvalue weighted by molar-refractivity contribution is 0.0927. The van der Waals surface area contributed by atoms with Crippen LogP contribution in [0.3, 0.4) is 0 Å². The molecule has 4 aromatic rings. The Labute approximate surface area is 167 Å². The summed E-state index contributed by atoms with van der Waals surface area (Å²) >= 11 is 0. The fourth-order valence-electron chi connectivity index (χ4n) is 2.87. The summed E-state index contributed by atoms with van der Waals surface area (Å²) in [7, 11) is 0. The van der Waals surface area contributed by atoms with E-state index in [0.717, 1.165) is 11.3 Å². The summed E-state index contributed by atoms with van der Waals surface area (Å²) in [4.78, 5) is 16.7. The van der Waals surface area contributed by atoms with Gasteiger partial charge in [-0.2, -0.15) is 0 Å². The van der Waals surface area contributed by atoms with Crippen molar-refractivity contribution in [2.24, 2.45) is 0 Å². The molecule has 1 N–H and O–H groups in total. The number of aryl methyl sites for hydroxylation is 1. The van der Waals surface area contributed by atoms with E-state index in [1.54, 1.807) is 30.5 Å². The van der Waals surface area contributed by atoms with E-state index < -0.39 is 0 Å². The molecule has 0 bridgehead atoms. The number of carbonyl (C=O) groups excluding carboxylic acids is 1. The fraction of sp³-hybridized carbons (Fsp3) is 0.130. The van der Waals surface area contributed by atoms with Gasteiger partial charge >= 0.3 is 0 Å². The van der Waals surface area contributed by atoms with Gasteiger partial charge in [0.2, 0.25) is 5.89 Å². The summed E-state index contributed by atoms with van der Waals surface area (Å²) < 4.78 is 24.1. The number of nitrogens with zero attached hydrogens (tertiary/aromatic N) is 1. The molecule has 2 aromatic heterocycles. The largest absolute Gasteiger partial charge is 0.451 e. The third-order valence-corrected chi connectivity index (χ3v) is 4.48. The van der Waals surface area contributed by atoms with Gasteiger partial charge in [0.25, 0.3) is 5.91 Å². The topological polar surface area (TPSA) is 68.3 Å². The predicted octanol–water partition coefficient (Wildman–Crippen LogP) is 5.02. The summed E-state index contributed by atoms with van der Waals surface area (Å²) in [6, 6.07) is 17.1. The van der Waals surface area contributed by atoms with E-state index in [2.05, 4.69) is 10.3 Å². The second-order valence-electron chi connectivity index (χ2n) is 6.69. The number of amides is 1. The molecule has 0 aliphatic carbocycles. The van der Waals surface area contributed by atoms with Crippen molar-refractivity contribution >= 4 is 5.91 Å². The molecule has 1 amide bonds. The van der Waals surface area contributed by atoms with E-state index in [1.807, 2.05) is 31.2 Å². The molecule has 0 saturated carbocycles. The van der Waals surface area contributed by atoms with Gasteiger partial charge in [-0.1, -0.05) is 17.7 Å². The van der Waals surface area contributed by atoms with Gasteiger partial charge in [-0.15, -0.1) is 0 Å². The molecule has 0 fully saturated rings. The van der Waals surface area contributed by atoms with Gasteiger partial charge in [0, 0.05) is 24.1 Å². The van der Waals surface area contributed by atoms with Crippen LogP contribution < -0.4 is 5.32 Å². The summed E-state index contributed by atoms with van der Waals surface area (Å²) in [6.45, 7) is 2.42. The quantitative estimate of drug-likeness (QED) is 0.502. The zero-order valence-electron chi connectivity index (χ0n) is 15.8. The van der Waals surface area contributed by atoms with Crippen molar-refractivity contribution in [2.75, 3.05) is 6.54 Å². The number of nitrogens with one attached hydrogen (secondary N) is 1. The van der Waals surface area contributed by atoms with Crippen LogP contribution in [0.1, 0.15) is 21.8 Å². The first-order chi connectivity index (χ1) is 14.1. The highest BCUT2D eigenvalue weighted by molar-refractivity contribution is 5.92. The Bertz CT molecular complexity index is 1110. The predicted molar refractivity (Wildman–Crippen MR) is 107 cm³/mol. The lowest BCUT2D eigenvalue weighted by Gasteiger charge is -2.01. The molecule has 0 saturated heterocycles. The average molecular weight is 390 g/mol. The fourth-order valence-corrected chi connectivity index (χ4v) is 2.87. The zero-order valence-corrected chi connectivity index (χ0v) is 15.8. The highest BCUT2D eigenvalue weighted by Gasteiger charge is 2.13. The van der Waals surface area contributed by atoms with Crippen LogP contribution in [-0.4, -0.2) is 17.4 Å². The van der Waals surface area contributed by atoms with Crippen molar-refractivity contribution in [1.82, 2.24) is 10.3 Å². The molecule has 146 valence electrons. The third-order valence-electron chi connectivity index (χ3n) is 4.48. The van der Waals surface area contributed by atoms with Crippen molar-refractivity contribution in [2.45, 2.75) is 13.3 Å². The molecule has 6 heteroatoms. The number of aromatic nitrogens is 1. The molecule has 5 nitrogen and oxygen atoms in total. The van der Waals surface area contributed by atoms with Crippen LogP contribution in [0.5, 0.6) is 0 Å². The first kappa shape index (κ1) is 18.7. The minimum absolute atomic E-state index is 0.199. The molecule has 2 heterocycles. The second kappa shape index (κ2) is 8.14. The SMILES string of the molecule is Cc1ccc(-c2nc(CCNC(=O)c3ccc(-c4ccc(F)cc4)o3)co2)cc1. The Balaban J connectivity index is 1.32. The molecular formula is C23H19FN2O3. The van der Waals surface area contributed by atoms with E-state index >= 15 is 0 Å². The summed E-state index contributed by atoms with van der Waals surface area (Å²) in [5.74, 6) is 0.623. The third kappa shape index (κ3) is 4.43. The van der Waals surface area contributed by atoms with Gasteiger partial charge in [0.05, 0.1) is 5.69 Å². The second-order valence-corrected chi connectivity index (χ2v) is 6.69. The zero-order chi connectivity index (χ0) is 20.2. The van der Waals surface area contributed by atoms with E-state index in [4.69, 9.17) is 8.83 Å². The number of hydrogen-bond acceptors (Lipinski definition) is 4.